The summed E-state index contributed by atoms with van der Waals surface area (Å²) in [7, 11) is -3.63. The molecule has 1 heterocycles. The van der Waals surface area contributed by atoms with Gasteiger partial charge < -0.3 is 9.29 Å². The summed E-state index contributed by atoms with van der Waals surface area (Å²) in [5.74, 6) is -1.05. The second kappa shape index (κ2) is 4.50. The molecule has 0 saturated heterocycles. The van der Waals surface area contributed by atoms with Gasteiger partial charge in [-0.15, -0.1) is 11.3 Å². The first kappa shape index (κ1) is 12.5. The fourth-order valence-corrected chi connectivity index (χ4v) is 3.17. The molecule has 0 radical (unpaired) electrons. The van der Waals surface area contributed by atoms with E-state index in [1.165, 1.54) is 0 Å². The van der Waals surface area contributed by atoms with Crippen LogP contribution in [0.1, 0.15) is 5.56 Å². The summed E-state index contributed by atoms with van der Waals surface area (Å²) in [6.45, 7) is 0. The van der Waals surface area contributed by atoms with Crippen LogP contribution in [-0.4, -0.2) is 25.7 Å². The van der Waals surface area contributed by atoms with Crippen LogP contribution in [0.15, 0.2) is 9.85 Å². The third-order valence-corrected chi connectivity index (χ3v) is 3.84. The van der Waals surface area contributed by atoms with Crippen molar-refractivity contribution in [3.05, 3.63) is 15.4 Å². The van der Waals surface area contributed by atoms with Crippen molar-refractivity contribution in [3.63, 3.8) is 0 Å². The molecule has 1 aromatic rings. The maximum atomic E-state index is 10.9. The summed E-state index contributed by atoms with van der Waals surface area (Å²) in [5.41, 5.74) is 0.331. The van der Waals surface area contributed by atoms with Crippen LogP contribution in [0.2, 0.25) is 0 Å². The van der Waals surface area contributed by atoms with Crippen molar-refractivity contribution >= 4 is 43.4 Å². The number of carboxylic acids is 1. The zero-order chi connectivity index (χ0) is 11.6. The van der Waals surface area contributed by atoms with Gasteiger partial charge in [-0.05, 0) is 15.9 Å². The van der Waals surface area contributed by atoms with E-state index in [-0.39, 0.29) is 11.5 Å². The predicted molar refractivity (Wildman–Crippen MR) is 58.8 cm³/mol. The van der Waals surface area contributed by atoms with E-state index in [9.17, 15) is 13.2 Å². The molecular formula is C7H7BrO5S2. The third kappa shape index (κ3) is 3.80. The van der Waals surface area contributed by atoms with Crippen LogP contribution in [0.3, 0.4) is 0 Å². The van der Waals surface area contributed by atoms with Crippen molar-refractivity contribution < 1.29 is 22.5 Å². The highest BCUT2D eigenvalue weighted by Crippen LogP contribution is 2.35. The molecule has 0 aliphatic heterocycles. The van der Waals surface area contributed by atoms with E-state index in [1.54, 1.807) is 5.38 Å². The molecule has 0 fully saturated rings. The molecular weight excluding hydrogens is 308 g/mol. The largest absolute Gasteiger partial charge is 0.481 e. The lowest BCUT2D eigenvalue weighted by molar-refractivity contribution is -0.136. The lowest BCUT2D eigenvalue weighted by atomic mass is 10.2. The molecule has 5 nitrogen and oxygen atoms in total. The quantitative estimate of drug-likeness (QED) is 0.851. The highest BCUT2D eigenvalue weighted by molar-refractivity contribution is 9.10. The third-order valence-electron chi connectivity index (χ3n) is 1.36. The average molecular weight is 315 g/mol. The number of hydrogen-bond acceptors (Lipinski definition) is 5. The molecule has 0 bridgehead atoms. The van der Waals surface area contributed by atoms with Crippen molar-refractivity contribution in [1.82, 2.24) is 0 Å². The molecule has 0 amide bonds. The summed E-state index contributed by atoms with van der Waals surface area (Å²) in [4.78, 5) is 10.5. The minimum atomic E-state index is -3.63. The van der Waals surface area contributed by atoms with E-state index < -0.39 is 16.1 Å². The van der Waals surface area contributed by atoms with Gasteiger partial charge in [0.25, 0.3) is 0 Å². The molecule has 1 N–H and O–H groups in total. The molecule has 0 atom stereocenters. The first-order chi connectivity index (χ1) is 6.79. The summed E-state index contributed by atoms with van der Waals surface area (Å²) in [6, 6.07) is 0. The van der Waals surface area contributed by atoms with Crippen LogP contribution in [0.25, 0.3) is 0 Å². The Morgan fingerprint density at radius 2 is 2.27 bits per heavy atom. The maximum Gasteiger partial charge on any atom is 0.308 e. The van der Waals surface area contributed by atoms with E-state index in [4.69, 9.17) is 5.11 Å². The number of halogens is 1. The Balaban J connectivity index is 3.03. The van der Waals surface area contributed by atoms with Crippen LogP contribution in [0, 0.1) is 0 Å². The van der Waals surface area contributed by atoms with Gasteiger partial charge in [-0.1, -0.05) is 0 Å². The zero-order valence-electron chi connectivity index (χ0n) is 7.56. The number of carbonyl (C=O) groups is 1. The van der Waals surface area contributed by atoms with Gasteiger partial charge >= 0.3 is 16.1 Å². The van der Waals surface area contributed by atoms with Crippen molar-refractivity contribution in [2.24, 2.45) is 0 Å². The number of thiophene rings is 1. The van der Waals surface area contributed by atoms with Crippen molar-refractivity contribution in [3.8, 4) is 5.06 Å². The van der Waals surface area contributed by atoms with Gasteiger partial charge in [-0.2, -0.15) is 8.42 Å². The highest BCUT2D eigenvalue weighted by atomic mass is 79.9. The van der Waals surface area contributed by atoms with Gasteiger partial charge in [0.05, 0.1) is 12.7 Å². The van der Waals surface area contributed by atoms with Gasteiger partial charge in [-0.3, -0.25) is 4.79 Å². The Morgan fingerprint density at radius 3 is 2.73 bits per heavy atom. The molecule has 0 unspecified atom stereocenters. The van der Waals surface area contributed by atoms with E-state index in [1.807, 2.05) is 0 Å². The van der Waals surface area contributed by atoms with E-state index in [0.29, 0.717) is 10.0 Å². The topological polar surface area (TPSA) is 80.7 Å². The molecule has 1 aromatic heterocycles. The van der Waals surface area contributed by atoms with Crippen LogP contribution >= 0.6 is 27.3 Å². The van der Waals surface area contributed by atoms with Gasteiger partial charge in [-0.25, -0.2) is 0 Å². The molecule has 84 valence electrons. The fourth-order valence-electron chi connectivity index (χ4n) is 0.860. The molecule has 1 rings (SSSR count). The Hall–Kier alpha value is -0.600. The SMILES string of the molecule is CS(=O)(=O)Oc1scc(Br)c1CC(=O)O. The summed E-state index contributed by atoms with van der Waals surface area (Å²) in [6.07, 6.45) is 0.625. The van der Waals surface area contributed by atoms with Crippen LogP contribution in [0.5, 0.6) is 5.06 Å². The second-order valence-electron chi connectivity index (χ2n) is 2.71. The minimum absolute atomic E-state index is 0.0896. The van der Waals surface area contributed by atoms with Gasteiger partial charge in [0, 0.05) is 15.4 Å². The Kier molecular flexibility index (Phi) is 3.74. The van der Waals surface area contributed by atoms with E-state index in [2.05, 4.69) is 20.1 Å². The number of aliphatic carboxylic acids is 1. The zero-order valence-corrected chi connectivity index (χ0v) is 10.8. The number of carboxylic acid groups (broad SMARTS) is 1. The van der Waals surface area contributed by atoms with Crippen LogP contribution in [-0.2, 0) is 21.3 Å². The molecule has 0 spiro atoms. The van der Waals surface area contributed by atoms with Gasteiger partial charge in [0.2, 0.25) is 5.06 Å². The van der Waals surface area contributed by atoms with Gasteiger partial charge in [0.15, 0.2) is 0 Å². The average Bonchev–Trinajstić information content (AvgIpc) is 2.32. The molecule has 0 aliphatic carbocycles. The Labute approximate surface area is 98.9 Å². The van der Waals surface area contributed by atoms with Crippen molar-refractivity contribution in [2.45, 2.75) is 6.42 Å². The van der Waals surface area contributed by atoms with Crippen molar-refractivity contribution in [2.75, 3.05) is 6.26 Å². The standard InChI is InChI=1S/C7H7BrO5S2/c1-15(11,12)13-7-4(2-6(9)10)5(8)3-14-7/h3H,2H2,1H3,(H,9,10). The summed E-state index contributed by atoms with van der Waals surface area (Å²) < 4.78 is 26.9. The first-order valence-corrected chi connectivity index (χ1v) is 7.15. The second-order valence-corrected chi connectivity index (χ2v) is 5.98. The smallest absolute Gasteiger partial charge is 0.308 e. The Bertz CT molecular complexity index is 476. The number of rotatable bonds is 4. The summed E-state index contributed by atoms with van der Waals surface area (Å²) >= 11 is 4.16. The fraction of sp³-hybridized carbons (Fsp3) is 0.286. The van der Waals surface area contributed by atoms with E-state index >= 15 is 0 Å². The maximum absolute atomic E-state index is 10.9. The molecule has 15 heavy (non-hydrogen) atoms. The lowest BCUT2D eigenvalue weighted by Crippen LogP contribution is -2.08. The van der Waals surface area contributed by atoms with Gasteiger partial charge in [0.1, 0.15) is 0 Å². The molecule has 0 aliphatic rings. The predicted octanol–water partition coefficient (Wildman–Crippen LogP) is 1.48. The van der Waals surface area contributed by atoms with Crippen LogP contribution < -0.4 is 4.18 Å². The Morgan fingerprint density at radius 1 is 1.67 bits per heavy atom. The van der Waals surface area contributed by atoms with Crippen molar-refractivity contribution in [1.29, 1.82) is 0 Å². The summed E-state index contributed by atoms with van der Waals surface area (Å²) in [5, 5.41) is 10.3. The molecule has 8 heteroatoms. The lowest BCUT2D eigenvalue weighted by Gasteiger charge is -2.02. The molecule has 0 saturated carbocycles. The molecule has 0 aromatic carbocycles. The van der Waals surface area contributed by atoms with E-state index in [0.717, 1.165) is 17.6 Å². The first-order valence-electron chi connectivity index (χ1n) is 3.66. The highest BCUT2D eigenvalue weighted by Gasteiger charge is 2.17. The normalized spacial score (nSPS) is 11.3. The minimum Gasteiger partial charge on any atom is -0.481 e. The van der Waals surface area contributed by atoms with Crippen LogP contribution in [0.4, 0.5) is 0 Å². The monoisotopic (exact) mass is 314 g/mol. The number of hydrogen-bond donors (Lipinski definition) is 1.